The van der Waals surface area contributed by atoms with E-state index < -0.39 is 0 Å². The van der Waals surface area contributed by atoms with Gasteiger partial charge in [0.1, 0.15) is 0 Å². The standard InChI is InChI=1S/C14H21N.2C2H6/c1-5-10-15(6-2)14-9-7-8-13(11-14)12(3)4;2*1-2/h7-9,11H,3,5-6,10H2,1-2,4H3;2*1-2H3. The van der Waals surface area contributed by atoms with Crippen LogP contribution >= 0.6 is 0 Å². The molecule has 19 heavy (non-hydrogen) atoms. The molecule has 0 saturated heterocycles. The number of nitrogens with zero attached hydrogens (tertiary/aromatic N) is 1. The predicted molar refractivity (Wildman–Crippen MR) is 92.0 cm³/mol. The van der Waals surface area contributed by atoms with E-state index in [0.29, 0.717) is 0 Å². The van der Waals surface area contributed by atoms with Crippen molar-refractivity contribution in [1.82, 2.24) is 0 Å². The molecule has 0 fully saturated rings. The first-order valence-electron chi connectivity index (χ1n) is 7.70. The zero-order valence-electron chi connectivity index (χ0n) is 14.1. The minimum atomic E-state index is 1.06. The van der Waals surface area contributed by atoms with Crippen molar-refractivity contribution in [3.63, 3.8) is 0 Å². The molecule has 0 saturated carbocycles. The lowest BCUT2D eigenvalue weighted by molar-refractivity contribution is 0.792. The van der Waals surface area contributed by atoms with Gasteiger partial charge in [-0.05, 0) is 38.0 Å². The molecule has 1 nitrogen and oxygen atoms in total. The molecule has 1 aromatic rings. The Morgan fingerprint density at radius 2 is 1.68 bits per heavy atom. The van der Waals surface area contributed by atoms with Gasteiger partial charge in [-0.25, -0.2) is 0 Å². The van der Waals surface area contributed by atoms with E-state index in [-0.39, 0.29) is 0 Å². The number of rotatable bonds is 5. The molecule has 1 aromatic carbocycles. The Morgan fingerprint density at radius 3 is 2.11 bits per heavy atom. The van der Waals surface area contributed by atoms with E-state index in [1.807, 2.05) is 27.7 Å². The van der Waals surface area contributed by atoms with Gasteiger partial charge in [0, 0.05) is 18.8 Å². The summed E-state index contributed by atoms with van der Waals surface area (Å²) in [6.45, 7) is 20.6. The van der Waals surface area contributed by atoms with Gasteiger partial charge in [0.25, 0.3) is 0 Å². The quantitative estimate of drug-likeness (QED) is 0.629. The summed E-state index contributed by atoms with van der Waals surface area (Å²) in [5, 5.41) is 0. The topological polar surface area (TPSA) is 3.24 Å². The van der Waals surface area contributed by atoms with Crippen LogP contribution in [0, 0.1) is 0 Å². The summed E-state index contributed by atoms with van der Waals surface area (Å²) in [6, 6.07) is 8.62. The van der Waals surface area contributed by atoms with Crippen molar-refractivity contribution in [2.75, 3.05) is 18.0 Å². The highest BCUT2D eigenvalue weighted by Gasteiger charge is 2.03. The van der Waals surface area contributed by atoms with E-state index in [0.717, 1.165) is 18.7 Å². The highest BCUT2D eigenvalue weighted by Crippen LogP contribution is 2.20. The van der Waals surface area contributed by atoms with Gasteiger partial charge in [-0.15, -0.1) is 0 Å². The molecule has 0 aliphatic heterocycles. The fourth-order valence-electron chi connectivity index (χ4n) is 1.71. The van der Waals surface area contributed by atoms with Crippen molar-refractivity contribution in [1.29, 1.82) is 0 Å². The molecule has 0 aromatic heterocycles. The number of benzene rings is 1. The molecule has 0 aliphatic carbocycles. The monoisotopic (exact) mass is 263 g/mol. The molecule has 110 valence electrons. The average Bonchev–Trinajstić information content (AvgIpc) is 2.49. The molecule has 0 heterocycles. The van der Waals surface area contributed by atoms with Crippen LogP contribution in [0.3, 0.4) is 0 Å². The predicted octanol–water partition coefficient (Wildman–Crippen LogP) is 6.01. The van der Waals surface area contributed by atoms with Crippen LogP contribution in [0.15, 0.2) is 30.8 Å². The first-order valence-corrected chi connectivity index (χ1v) is 7.70. The maximum Gasteiger partial charge on any atom is 0.0372 e. The van der Waals surface area contributed by atoms with Crippen LogP contribution in [0.5, 0.6) is 0 Å². The zero-order chi connectivity index (χ0) is 15.3. The van der Waals surface area contributed by atoms with Crippen LogP contribution in [-0.2, 0) is 0 Å². The summed E-state index contributed by atoms with van der Waals surface area (Å²) >= 11 is 0. The fourth-order valence-corrected chi connectivity index (χ4v) is 1.71. The van der Waals surface area contributed by atoms with Gasteiger partial charge in [-0.2, -0.15) is 0 Å². The van der Waals surface area contributed by atoms with Crippen molar-refractivity contribution >= 4 is 11.3 Å². The molecule has 0 radical (unpaired) electrons. The van der Waals surface area contributed by atoms with E-state index in [9.17, 15) is 0 Å². The van der Waals surface area contributed by atoms with Crippen LogP contribution < -0.4 is 4.90 Å². The van der Waals surface area contributed by atoms with Crippen LogP contribution in [-0.4, -0.2) is 13.1 Å². The van der Waals surface area contributed by atoms with Gasteiger partial charge in [0.2, 0.25) is 0 Å². The van der Waals surface area contributed by atoms with Gasteiger partial charge in [0.15, 0.2) is 0 Å². The molecule has 0 bridgehead atoms. The van der Waals surface area contributed by atoms with E-state index in [1.54, 1.807) is 0 Å². The molecule has 1 rings (SSSR count). The Hall–Kier alpha value is -1.24. The second-order valence-electron chi connectivity index (χ2n) is 3.91. The maximum absolute atomic E-state index is 3.98. The lowest BCUT2D eigenvalue weighted by Crippen LogP contribution is -2.23. The third-order valence-electron chi connectivity index (χ3n) is 2.58. The van der Waals surface area contributed by atoms with E-state index in [1.165, 1.54) is 17.7 Å². The molecule has 0 unspecified atom stereocenters. The Labute approximate surface area is 121 Å². The lowest BCUT2D eigenvalue weighted by Gasteiger charge is -2.23. The Morgan fingerprint density at radius 1 is 1.11 bits per heavy atom. The lowest BCUT2D eigenvalue weighted by atomic mass is 10.1. The van der Waals surface area contributed by atoms with Crippen LogP contribution in [0.25, 0.3) is 5.57 Å². The van der Waals surface area contributed by atoms with Gasteiger partial charge in [-0.3, -0.25) is 0 Å². The summed E-state index contributed by atoms with van der Waals surface area (Å²) in [6.07, 6.45) is 1.19. The van der Waals surface area contributed by atoms with Crippen molar-refractivity contribution in [3.05, 3.63) is 36.4 Å². The number of allylic oxidation sites excluding steroid dienone is 1. The zero-order valence-corrected chi connectivity index (χ0v) is 14.1. The summed E-state index contributed by atoms with van der Waals surface area (Å²) in [4.78, 5) is 2.40. The summed E-state index contributed by atoms with van der Waals surface area (Å²) < 4.78 is 0. The third kappa shape index (κ3) is 7.71. The number of hydrogen-bond acceptors (Lipinski definition) is 1. The minimum Gasteiger partial charge on any atom is -0.372 e. The maximum atomic E-state index is 3.98. The SMILES string of the molecule is C=C(C)c1cccc(N(CC)CCC)c1.CC.CC. The number of anilines is 1. The molecular weight excluding hydrogens is 230 g/mol. The first-order chi connectivity index (χ1) is 9.19. The smallest absolute Gasteiger partial charge is 0.0372 e. The summed E-state index contributed by atoms with van der Waals surface area (Å²) in [5.41, 5.74) is 3.67. The van der Waals surface area contributed by atoms with Gasteiger partial charge < -0.3 is 4.90 Å². The normalized spacial score (nSPS) is 8.58. The van der Waals surface area contributed by atoms with E-state index in [2.05, 4.69) is 56.5 Å². The minimum absolute atomic E-state index is 1.06. The van der Waals surface area contributed by atoms with Crippen molar-refractivity contribution in [3.8, 4) is 0 Å². The second-order valence-corrected chi connectivity index (χ2v) is 3.91. The van der Waals surface area contributed by atoms with Crippen molar-refractivity contribution < 1.29 is 0 Å². The van der Waals surface area contributed by atoms with Gasteiger partial charge in [-0.1, -0.05) is 58.9 Å². The van der Waals surface area contributed by atoms with E-state index >= 15 is 0 Å². The Balaban J connectivity index is 0. The second kappa shape index (κ2) is 13.2. The number of hydrogen-bond donors (Lipinski definition) is 0. The van der Waals surface area contributed by atoms with Crippen molar-refractivity contribution in [2.24, 2.45) is 0 Å². The largest absolute Gasteiger partial charge is 0.372 e. The molecule has 0 aliphatic rings. The fraction of sp³-hybridized carbons (Fsp3) is 0.556. The molecule has 1 heteroatoms. The van der Waals surface area contributed by atoms with Gasteiger partial charge >= 0.3 is 0 Å². The molecule has 0 amide bonds. The average molecular weight is 263 g/mol. The Kier molecular flexibility index (Phi) is 14.0. The van der Waals surface area contributed by atoms with Gasteiger partial charge in [0.05, 0.1) is 0 Å². The molecule has 0 spiro atoms. The summed E-state index contributed by atoms with van der Waals surface area (Å²) in [5.74, 6) is 0. The molecule has 0 N–H and O–H groups in total. The Bertz CT molecular complexity index is 328. The van der Waals surface area contributed by atoms with Crippen LogP contribution in [0.4, 0.5) is 5.69 Å². The summed E-state index contributed by atoms with van der Waals surface area (Å²) in [7, 11) is 0. The highest BCUT2D eigenvalue weighted by molar-refractivity contribution is 5.65. The third-order valence-corrected chi connectivity index (χ3v) is 2.58. The molecule has 0 atom stereocenters. The molecular formula is C18H33N. The van der Waals surface area contributed by atoms with Crippen molar-refractivity contribution in [2.45, 2.75) is 54.9 Å². The highest BCUT2D eigenvalue weighted by atomic mass is 15.1. The van der Waals surface area contributed by atoms with E-state index in [4.69, 9.17) is 0 Å². The van der Waals surface area contributed by atoms with Crippen LogP contribution in [0.2, 0.25) is 0 Å². The van der Waals surface area contributed by atoms with Crippen LogP contribution in [0.1, 0.15) is 60.5 Å². The first kappa shape index (κ1) is 20.1.